The first kappa shape index (κ1) is 14.5. The number of aliphatic hydroxyl groups excluding tert-OH is 1. The molecule has 5 heteroatoms. The largest absolute Gasteiger partial charge is 0.496 e. The minimum absolute atomic E-state index is 0.169. The van der Waals surface area contributed by atoms with Crippen molar-refractivity contribution in [3.05, 3.63) is 28.8 Å². The molecule has 2 nitrogen and oxygen atoms in total. The first-order chi connectivity index (χ1) is 8.93. The molecular weight excluding hydrogens is 274 g/mol. The summed E-state index contributed by atoms with van der Waals surface area (Å²) in [7, 11) is 1.51. The molecule has 1 atom stereocenters. The van der Waals surface area contributed by atoms with Gasteiger partial charge >= 0.3 is 0 Å². The predicted octanol–water partition coefficient (Wildman–Crippen LogP) is 4.21. The van der Waals surface area contributed by atoms with Gasteiger partial charge in [0.15, 0.2) is 0 Å². The van der Waals surface area contributed by atoms with Crippen LogP contribution in [0.3, 0.4) is 0 Å². The Morgan fingerprint density at radius 2 is 2.00 bits per heavy atom. The summed E-state index contributed by atoms with van der Waals surface area (Å²) in [5.41, 5.74) is 0.574. The van der Waals surface area contributed by atoms with Crippen LogP contribution in [-0.2, 0) is 0 Å². The smallest absolute Gasteiger partial charge is 0.248 e. The zero-order valence-corrected chi connectivity index (χ0v) is 11.5. The zero-order chi connectivity index (χ0) is 14.0. The molecule has 0 aliphatic heterocycles. The van der Waals surface area contributed by atoms with Gasteiger partial charge in [0.05, 0.1) is 13.2 Å². The lowest BCUT2D eigenvalue weighted by atomic mass is 9.81. The highest BCUT2D eigenvalue weighted by molar-refractivity contribution is 6.30. The van der Waals surface area contributed by atoms with E-state index in [9.17, 15) is 13.9 Å². The summed E-state index contributed by atoms with van der Waals surface area (Å²) in [6, 6.07) is 4.99. The molecule has 0 amide bonds. The van der Waals surface area contributed by atoms with Crippen LogP contribution >= 0.6 is 11.6 Å². The summed E-state index contributed by atoms with van der Waals surface area (Å²) in [6.07, 6.45) is -0.534. The number of hydrogen-bond acceptors (Lipinski definition) is 2. The third-order valence-electron chi connectivity index (χ3n) is 3.72. The van der Waals surface area contributed by atoms with Crippen LogP contribution in [0.4, 0.5) is 8.78 Å². The normalized spacial score (nSPS) is 21.1. The first-order valence-corrected chi connectivity index (χ1v) is 6.70. The van der Waals surface area contributed by atoms with Gasteiger partial charge in [0.2, 0.25) is 5.92 Å². The van der Waals surface area contributed by atoms with E-state index in [1.165, 1.54) is 7.11 Å². The van der Waals surface area contributed by atoms with Crippen molar-refractivity contribution in [2.75, 3.05) is 7.11 Å². The van der Waals surface area contributed by atoms with Crippen molar-refractivity contribution in [1.29, 1.82) is 0 Å². The molecule has 1 fully saturated rings. The van der Waals surface area contributed by atoms with Crippen LogP contribution < -0.4 is 4.74 Å². The Bertz CT molecular complexity index is 441. The third kappa shape index (κ3) is 3.37. The summed E-state index contributed by atoms with van der Waals surface area (Å²) < 4.78 is 31.4. The summed E-state index contributed by atoms with van der Waals surface area (Å²) in [4.78, 5) is 0. The SMILES string of the molecule is COc1ccc(Cl)cc1C(O)C1CCC(F)(F)CC1. The van der Waals surface area contributed by atoms with E-state index in [-0.39, 0.29) is 18.8 Å². The highest BCUT2D eigenvalue weighted by Gasteiger charge is 2.38. The zero-order valence-electron chi connectivity index (χ0n) is 10.7. The highest BCUT2D eigenvalue weighted by atomic mass is 35.5. The Hall–Kier alpha value is -0.870. The molecule has 106 valence electrons. The summed E-state index contributed by atoms with van der Waals surface area (Å²) in [5.74, 6) is -2.23. The van der Waals surface area contributed by atoms with Gasteiger partial charge in [-0.2, -0.15) is 0 Å². The van der Waals surface area contributed by atoms with Crippen molar-refractivity contribution in [3.63, 3.8) is 0 Å². The molecule has 0 aromatic heterocycles. The molecule has 19 heavy (non-hydrogen) atoms. The van der Waals surface area contributed by atoms with Crippen LogP contribution in [0.5, 0.6) is 5.75 Å². The lowest BCUT2D eigenvalue weighted by molar-refractivity contribution is -0.0629. The Morgan fingerprint density at radius 1 is 1.37 bits per heavy atom. The van der Waals surface area contributed by atoms with Gasteiger partial charge in [-0.15, -0.1) is 0 Å². The molecule has 0 saturated heterocycles. The molecule has 1 aliphatic rings. The van der Waals surface area contributed by atoms with Crippen molar-refractivity contribution >= 4 is 11.6 Å². The maximum atomic E-state index is 13.1. The Kier molecular flexibility index (Phi) is 4.31. The van der Waals surface area contributed by atoms with Gasteiger partial charge in [-0.25, -0.2) is 8.78 Å². The van der Waals surface area contributed by atoms with Crippen LogP contribution in [0.1, 0.15) is 37.4 Å². The lowest BCUT2D eigenvalue weighted by Gasteiger charge is -2.31. The Morgan fingerprint density at radius 3 is 2.58 bits per heavy atom. The number of alkyl halides is 2. The molecule has 0 heterocycles. The average Bonchev–Trinajstić information content (AvgIpc) is 2.38. The maximum absolute atomic E-state index is 13.1. The number of rotatable bonds is 3. The lowest BCUT2D eigenvalue weighted by Crippen LogP contribution is -2.27. The Labute approximate surface area is 116 Å². The summed E-state index contributed by atoms with van der Waals surface area (Å²) in [5, 5.41) is 10.9. The van der Waals surface area contributed by atoms with Gasteiger partial charge in [-0.3, -0.25) is 0 Å². The average molecular weight is 291 g/mol. The number of methoxy groups -OCH3 is 1. The van der Waals surface area contributed by atoms with E-state index in [1.54, 1.807) is 18.2 Å². The van der Waals surface area contributed by atoms with Gasteiger partial charge in [0.25, 0.3) is 0 Å². The van der Waals surface area contributed by atoms with Crippen molar-refractivity contribution in [3.8, 4) is 5.75 Å². The molecule has 1 saturated carbocycles. The topological polar surface area (TPSA) is 29.5 Å². The minimum atomic E-state index is -2.59. The second-order valence-corrected chi connectivity index (χ2v) is 5.46. The van der Waals surface area contributed by atoms with Crippen molar-refractivity contribution in [1.82, 2.24) is 0 Å². The van der Waals surface area contributed by atoms with Crippen LogP contribution in [0, 0.1) is 5.92 Å². The van der Waals surface area contributed by atoms with Crippen molar-refractivity contribution in [2.24, 2.45) is 5.92 Å². The van der Waals surface area contributed by atoms with Gasteiger partial charge in [-0.05, 0) is 37.0 Å². The van der Waals surface area contributed by atoms with E-state index < -0.39 is 12.0 Å². The third-order valence-corrected chi connectivity index (χ3v) is 3.95. The Balaban J connectivity index is 2.16. The van der Waals surface area contributed by atoms with Gasteiger partial charge in [0, 0.05) is 23.4 Å². The molecule has 1 aromatic rings. The highest BCUT2D eigenvalue weighted by Crippen LogP contribution is 2.43. The second-order valence-electron chi connectivity index (χ2n) is 5.02. The molecule has 0 radical (unpaired) electrons. The van der Waals surface area contributed by atoms with Crippen LogP contribution in [-0.4, -0.2) is 18.1 Å². The van der Waals surface area contributed by atoms with Gasteiger partial charge < -0.3 is 9.84 Å². The molecule has 1 aliphatic carbocycles. The standard InChI is InChI=1S/C14H17ClF2O2/c1-19-12-3-2-10(15)8-11(12)13(18)9-4-6-14(16,17)7-5-9/h2-3,8-9,13,18H,4-7H2,1H3. The number of halogens is 3. The van der Waals surface area contributed by atoms with Crippen LogP contribution in [0.25, 0.3) is 0 Å². The monoisotopic (exact) mass is 290 g/mol. The van der Waals surface area contributed by atoms with Gasteiger partial charge in [0.1, 0.15) is 5.75 Å². The second kappa shape index (κ2) is 5.63. The predicted molar refractivity (Wildman–Crippen MR) is 69.9 cm³/mol. The quantitative estimate of drug-likeness (QED) is 0.904. The fourth-order valence-electron chi connectivity index (χ4n) is 2.57. The van der Waals surface area contributed by atoms with Crippen LogP contribution in [0.15, 0.2) is 18.2 Å². The number of ether oxygens (including phenoxy) is 1. The first-order valence-electron chi connectivity index (χ1n) is 6.32. The number of aliphatic hydroxyl groups is 1. The molecule has 2 rings (SSSR count). The van der Waals surface area contributed by atoms with E-state index >= 15 is 0 Å². The van der Waals surface area contributed by atoms with Crippen LogP contribution in [0.2, 0.25) is 5.02 Å². The molecule has 1 unspecified atom stereocenters. The number of hydrogen-bond donors (Lipinski definition) is 1. The fourth-order valence-corrected chi connectivity index (χ4v) is 2.75. The minimum Gasteiger partial charge on any atom is -0.496 e. The van der Waals surface area contributed by atoms with Crippen molar-refractivity contribution < 1.29 is 18.6 Å². The maximum Gasteiger partial charge on any atom is 0.248 e. The molecule has 0 spiro atoms. The molecule has 1 aromatic carbocycles. The van der Waals surface area contributed by atoms with E-state index in [1.807, 2.05) is 0 Å². The van der Waals surface area contributed by atoms with Crippen molar-refractivity contribution in [2.45, 2.75) is 37.7 Å². The van der Waals surface area contributed by atoms with E-state index in [0.29, 0.717) is 29.2 Å². The van der Waals surface area contributed by atoms with E-state index in [2.05, 4.69) is 0 Å². The fraction of sp³-hybridized carbons (Fsp3) is 0.571. The molecule has 0 bridgehead atoms. The van der Waals surface area contributed by atoms with E-state index in [4.69, 9.17) is 16.3 Å². The van der Waals surface area contributed by atoms with Gasteiger partial charge in [-0.1, -0.05) is 11.6 Å². The number of benzene rings is 1. The molecular formula is C14H17ClF2O2. The molecule has 1 N–H and O–H groups in total. The summed E-state index contributed by atoms with van der Waals surface area (Å²) >= 11 is 5.92. The van der Waals surface area contributed by atoms with E-state index in [0.717, 1.165) is 0 Å². The summed E-state index contributed by atoms with van der Waals surface area (Å²) in [6.45, 7) is 0.